The van der Waals surface area contributed by atoms with Crippen LogP contribution in [0.1, 0.15) is 20.7 Å². The molecule has 3 aromatic carbocycles. The zero-order valence-corrected chi connectivity index (χ0v) is 20.1. The number of aliphatic hydroxyl groups is 1. The van der Waals surface area contributed by atoms with E-state index in [1.165, 1.54) is 0 Å². The number of benzene rings is 3. The Bertz CT molecular complexity index is 1190. The van der Waals surface area contributed by atoms with Crippen LogP contribution in [0.25, 0.3) is 11.1 Å². The molecule has 0 aliphatic carbocycles. The molecule has 2 amide bonds. The van der Waals surface area contributed by atoms with Gasteiger partial charge < -0.3 is 14.9 Å². The summed E-state index contributed by atoms with van der Waals surface area (Å²) in [4.78, 5) is 32.1. The van der Waals surface area contributed by atoms with Gasteiger partial charge in [-0.25, -0.2) is 0 Å². The molecular weight excluding hydrogens is 462 g/mol. The number of β-amino-alcohol motifs (C(OH)–C–C–N with tert-alkyl or cyclic N) is 1. The first-order valence-electron chi connectivity index (χ1n) is 11.9. The summed E-state index contributed by atoms with van der Waals surface area (Å²) in [6.45, 7) is 3.24. The number of amides is 2. The van der Waals surface area contributed by atoms with Crippen molar-refractivity contribution in [3.05, 3.63) is 95.0 Å². The summed E-state index contributed by atoms with van der Waals surface area (Å²) in [7, 11) is 0. The maximum absolute atomic E-state index is 13.4. The minimum absolute atomic E-state index is 0.0237. The van der Waals surface area contributed by atoms with E-state index in [2.05, 4.69) is 4.90 Å². The molecule has 2 aliphatic heterocycles. The number of halogens is 1. The lowest BCUT2D eigenvalue weighted by atomic mass is 9.98. The number of carbonyl (C=O) groups excluding carboxylic acids is 2. The van der Waals surface area contributed by atoms with Crippen LogP contribution in [-0.2, 0) is 0 Å². The van der Waals surface area contributed by atoms with Gasteiger partial charge in [0.2, 0.25) is 0 Å². The van der Waals surface area contributed by atoms with Gasteiger partial charge in [-0.1, -0.05) is 60.1 Å². The predicted molar refractivity (Wildman–Crippen MR) is 137 cm³/mol. The minimum atomic E-state index is -0.618. The molecule has 5 rings (SSSR count). The number of aliphatic hydroxyl groups excluding tert-OH is 1. The van der Waals surface area contributed by atoms with Gasteiger partial charge in [0.05, 0.1) is 12.1 Å². The molecule has 2 saturated heterocycles. The van der Waals surface area contributed by atoms with E-state index in [4.69, 9.17) is 11.6 Å². The fourth-order valence-electron chi connectivity index (χ4n) is 5.04. The third-order valence-corrected chi connectivity index (χ3v) is 7.20. The van der Waals surface area contributed by atoms with E-state index < -0.39 is 6.10 Å². The fourth-order valence-corrected chi connectivity index (χ4v) is 5.16. The molecule has 3 aromatic rings. The van der Waals surface area contributed by atoms with Crippen LogP contribution in [-0.4, -0.2) is 83.0 Å². The van der Waals surface area contributed by atoms with Crippen molar-refractivity contribution in [3.63, 3.8) is 0 Å². The highest BCUT2D eigenvalue weighted by molar-refractivity contribution is 6.30. The Labute approximate surface area is 210 Å². The van der Waals surface area contributed by atoms with E-state index in [0.29, 0.717) is 55.4 Å². The molecular formula is C28H28ClN3O3. The Hall–Kier alpha value is -3.19. The summed E-state index contributed by atoms with van der Waals surface area (Å²) >= 11 is 5.94. The van der Waals surface area contributed by atoms with E-state index in [1.54, 1.807) is 29.2 Å². The van der Waals surface area contributed by atoms with Crippen LogP contribution in [0.15, 0.2) is 78.9 Å². The fraction of sp³-hybridized carbons (Fsp3) is 0.286. The second-order valence-corrected chi connectivity index (χ2v) is 9.53. The number of carbonyl (C=O) groups is 2. The SMILES string of the molecule is O=C(c1ccc(Cl)cc1)N1CC(O)C(N2CCN(C(=O)c3ccccc3-c3ccccc3)CC2)C1. The maximum Gasteiger partial charge on any atom is 0.254 e. The number of piperazine rings is 1. The average Bonchev–Trinajstić information content (AvgIpc) is 3.30. The van der Waals surface area contributed by atoms with E-state index in [9.17, 15) is 14.7 Å². The van der Waals surface area contributed by atoms with Crippen molar-refractivity contribution >= 4 is 23.4 Å². The second-order valence-electron chi connectivity index (χ2n) is 9.09. The van der Waals surface area contributed by atoms with Crippen LogP contribution < -0.4 is 0 Å². The van der Waals surface area contributed by atoms with Crippen LogP contribution in [0.5, 0.6) is 0 Å². The van der Waals surface area contributed by atoms with Crippen LogP contribution in [0.3, 0.4) is 0 Å². The van der Waals surface area contributed by atoms with Crippen molar-refractivity contribution in [1.29, 1.82) is 0 Å². The van der Waals surface area contributed by atoms with Crippen molar-refractivity contribution in [2.75, 3.05) is 39.3 Å². The maximum atomic E-state index is 13.4. The first-order chi connectivity index (χ1) is 17.0. The Morgan fingerprint density at radius 3 is 2.11 bits per heavy atom. The second kappa shape index (κ2) is 10.2. The van der Waals surface area contributed by atoms with Crippen molar-refractivity contribution in [2.24, 2.45) is 0 Å². The summed E-state index contributed by atoms with van der Waals surface area (Å²) in [6.07, 6.45) is -0.618. The molecule has 1 N–H and O–H groups in total. The topological polar surface area (TPSA) is 64.1 Å². The van der Waals surface area contributed by atoms with Gasteiger partial charge in [0.15, 0.2) is 0 Å². The summed E-state index contributed by atoms with van der Waals surface area (Å²) in [5.41, 5.74) is 3.22. The molecule has 180 valence electrons. The van der Waals surface area contributed by atoms with E-state index in [-0.39, 0.29) is 17.9 Å². The highest BCUT2D eigenvalue weighted by atomic mass is 35.5. The number of nitrogens with zero attached hydrogens (tertiary/aromatic N) is 3. The Kier molecular flexibility index (Phi) is 6.86. The standard InChI is InChI=1S/C28H28ClN3O3/c29-22-12-10-21(11-13-22)27(34)32-18-25(26(33)19-32)30-14-16-31(17-15-30)28(35)24-9-5-4-8-23(24)20-6-2-1-3-7-20/h1-13,25-26,33H,14-19H2. The highest BCUT2D eigenvalue weighted by Gasteiger charge is 2.39. The average molecular weight is 490 g/mol. The molecule has 2 fully saturated rings. The minimum Gasteiger partial charge on any atom is -0.390 e. The molecule has 0 saturated carbocycles. The smallest absolute Gasteiger partial charge is 0.254 e. The largest absolute Gasteiger partial charge is 0.390 e. The molecule has 35 heavy (non-hydrogen) atoms. The van der Waals surface area contributed by atoms with Crippen molar-refractivity contribution in [3.8, 4) is 11.1 Å². The van der Waals surface area contributed by atoms with Crippen LogP contribution in [0.2, 0.25) is 5.02 Å². The number of likely N-dealkylation sites (tertiary alicyclic amines) is 1. The molecule has 2 heterocycles. The third kappa shape index (κ3) is 4.96. The summed E-state index contributed by atoms with van der Waals surface area (Å²) in [6, 6.07) is 24.4. The Morgan fingerprint density at radius 1 is 0.743 bits per heavy atom. The number of hydrogen-bond donors (Lipinski definition) is 1. The Balaban J connectivity index is 1.22. The van der Waals surface area contributed by atoms with Gasteiger partial charge in [-0.3, -0.25) is 14.5 Å². The molecule has 0 radical (unpaired) electrons. The lowest BCUT2D eigenvalue weighted by molar-refractivity contribution is 0.0376. The molecule has 0 bridgehead atoms. The van der Waals surface area contributed by atoms with Crippen LogP contribution in [0.4, 0.5) is 0 Å². The molecule has 2 aliphatic rings. The van der Waals surface area contributed by atoms with Gasteiger partial charge >= 0.3 is 0 Å². The zero-order valence-electron chi connectivity index (χ0n) is 19.4. The van der Waals surface area contributed by atoms with E-state index in [1.807, 2.05) is 59.5 Å². The lowest BCUT2D eigenvalue weighted by Gasteiger charge is -2.39. The molecule has 0 spiro atoms. The molecule has 2 atom stereocenters. The van der Waals surface area contributed by atoms with Gasteiger partial charge in [-0.2, -0.15) is 0 Å². The molecule has 0 aromatic heterocycles. The van der Waals surface area contributed by atoms with E-state index >= 15 is 0 Å². The van der Waals surface area contributed by atoms with Crippen molar-refractivity contribution in [2.45, 2.75) is 12.1 Å². The monoisotopic (exact) mass is 489 g/mol. The van der Waals surface area contributed by atoms with Gasteiger partial charge in [-0.05, 0) is 41.5 Å². The Morgan fingerprint density at radius 2 is 1.40 bits per heavy atom. The molecule has 6 nitrogen and oxygen atoms in total. The van der Waals surface area contributed by atoms with Gasteiger partial charge in [-0.15, -0.1) is 0 Å². The van der Waals surface area contributed by atoms with Crippen molar-refractivity contribution in [1.82, 2.24) is 14.7 Å². The first-order valence-corrected chi connectivity index (χ1v) is 12.3. The quantitative estimate of drug-likeness (QED) is 0.607. The highest BCUT2D eigenvalue weighted by Crippen LogP contribution is 2.26. The lowest BCUT2D eigenvalue weighted by Crippen LogP contribution is -2.55. The van der Waals surface area contributed by atoms with E-state index in [0.717, 1.165) is 11.1 Å². The molecule has 2 unspecified atom stereocenters. The zero-order chi connectivity index (χ0) is 24.4. The van der Waals surface area contributed by atoms with Crippen LogP contribution >= 0.6 is 11.6 Å². The normalized spacial score (nSPS) is 20.7. The predicted octanol–water partition coefficient (Wildman–Crippen LogP) is 3.65. The van der Waals surface area contributed by atoms with Crippen molar-refractivity contribution < 1.29 is 14.7 Å². The van der Waals surface area contributed by atoms with Crippen LogP contribution in [0, 0.1) is 0 Å². The summed E-state index contributed by atoms with van der Waals surface area (Å²) in [5, 5.41) is 11.3. The first kappa shape index (κ1) is 23.5. The number of rotatable bonds is 4. The van der Waals surface area contributed by atoms with Gasteiger partial charge in [0.1, 0.15) is 0 Å². The van der Waals surface area contributed by atoms with Gasteiger partial charge in [0, 0.05) is 55.4 Å². The number of hydrogen-bond acceptors (Lipinski definition) is 4. The van der Waals surface area contributed by atoms with Gasteiger partial charge in [0.25, 0.3) is 11.8 Å². The molecule has 7 heteroatoms. The third-order valence-electron chi connectivity index (χ3n) is 6.95. The summed E-state index contributed by atoms with van der Waals surface area (Å²) in [5.74, 6) is -0.0786. The summed E-state index contributed by atoms with van der Waals surface area (Å²) < 4.78 is 0.